The van der Waals surface area contributed by atoms with E-state index < -0.39 is 0 Å². The van der Waals surface area contributed by atoms with Crippen LogP contribution in [0.5, 0.6) is 0 Å². The summed E-state index contributed by atoms with van der Waals surface area (Å²) in [6.45, 7) is 5.12. The van der Waals surface area contributed by atoms with E-state index in [0.29, 0.717) is 0 Å². The summed E-state index contributed by atoms with van der Waals surface area (Å²) in [6, 6.07) is 7.46. The van der Waals surface area contributed by atoms with Gasteiger partial charge in [0.15, 0.2) is 0 Å². The number of hydrogen-bond donors (Lipinski definition) is 1. The van der Waals surface area contributed by atoms with Crippen molar-refractivity contribution < 1.29 is 4.39 Å². The number of nitrogens with one attached hydrogen (secondary N) is 1. The van der Waals surface area contributed by atoms with Crippen molar-refractivity contribution in [3.63, 3.8) is 0 Å². The van der Waals surface area contributed by atoms with Crippen LogP contribution in [-0.4, -0.2) is 6.54 Å². The largest absolute Gasteiger partial charge is 0.309 e. The minimum atomic E-state index is -0.192. The molecule has 0 aliphatic heterocycles. The van der Waals surface area contributed by atoms with E-state index in [0.717, 1.165) is 23.0 Å². The van der Waals surface area contributed by atoms with Crippen molar-refractivity contribution in [3.05, 3.63) is 55.9 Å². The van der Waals surface area contributed by atoms with Crippen LogP contribution in [0.25, 0.3) is 0 Å². The van der Waals surface area contributed by atoms with Crippen LogP contribution in [0.3, 0.4) is 0 Å². The van der Waals surface area contributed by atoms with Gasteiger partial charge in [-0.3, -0.25) is 0 Å². The molecule has 1 N–H and O–H groups in total. The normalized spacial score (nSPS) is 12.6. The number of benzene rings is 1. The van der Waals surface area contributed by atoms with E-state index in [1.54, 1.807) is 17.4 Å². The van der Waals surface area contributed by atoms with Crippen molar-refractivity contribution >= 4 is 27.3 Å². The molecule has 0 spiro atoms. The third-order valence-electron chi connectivity index (χ3n) is 3.03. The number of hydrogen-bond acceptors (Lipinski definition) is 2. The Morgan fingerprint density at radius 3 is 2.74 bits per heavy atom. The summed E-state index contributed by atoms with van der Waals surface area (Å²) in [4.78, 5) is 1.34. The lowest BCUT2D eigenvalue weighted by Gasteiger charge is -2.18. The average Bonchev–Trinajstić information content (AvgIpc) is 2.73. The zero-order valence-corrected chi connectivity index (χ0v) is 13.4. The first kappa shape index (κ1) is 14.7. The maximum atomic E-state index is 13.4. The summed E-state index contributed by atoms with van der Waals surface area (Å²) >= 11 is 5.10. The van der Waals surface area contributed by atoms with Gasteiger partial charge in [0.25, 0.3) is 0 Å². The van der Waals surface area contributed by atoms with Gasteiger partial charge in [-0.1, -0.05) is 22.9 Å². The van der Waals surface area contributed by atoms with Gasteiger partial charge in [0, 0.05) is 15.4 Å². The molecule has 1 unspecified atom stereocenters. The molecule has 1 aromatic heterocycles. The van der Waals surface area contributed by atoms with Gasteiger partial charge in [-0.05, 0) is 60.7 Å². The molecular weight excluding hydrogens is 325 g/mol. The molecule has 102 valence electrons. The van der Waals surface area contributed by atoms with Gasteiger partial charge in [-0.15, -0.1) is 11.3 Å². The van der Waals surface area contributed by atoms with E-state index in [-0.39, 0.29) is 11.9 Å². The van der Waals surface area contributed by atoms with Crippen molar-refractivity contribution in [3.8, 4) is 0 Å². The van der Waals surface area contributed by atoms with Gasteiger partial charge in [-0.25, -0.2) is 4.39 Å². The molecule has 1 nitrogen and oxygen atoms in total. The molecule has 1 heterocycles. The lowest BCUT2D eigenvalue weighted by Crippen LogP contribution is -2.22. The molecule has 0 amide bonds. The first-order valence-corrected chi connectivity index (χ1v) is 7.99. The van der Waals surface area contributed by atoms with Crippen LogP contribution in [0.2, 0.25) is 0 Å². The summed E-state index contributed by atoms with van der Waals surface area (Å²) in [7, 11) is 0. The maximum absolute atomic E-state index is 13.4. The van der Waals surface area contributed by atoms with Gasteiger partial charge in [0.1, 0.15) is 5.82 Å². The fourth-order valence-corrected chi connectivity index (χ4v) is 3.73. The van der Waals surface area contributed by atoms with Gasteiger partial charge in [0.2, 0.25) is 0 Å². The zero-order chi connectivity index (χ0) is 13.8. The third-order valence-corrected chi connectivity index (χ3v) is 4.62. The first-order valence-electron chi connectivity index (χ1n) is 6.32. The topological polar surface area (TPSA) is 12.0 Å². The smallest absolute Gasteiger partial charge is 0.124 e. The number of thiophene rings is 1. The van der Waals surface area contributed by atoms with Crippen LogP contribution >= 0.6 is 27.3 Å². The van der Waals surface area contributed by atoms with Crippen LogP contribution in [0.4, 0.5) is 4.39 Å². The Morgan fingerprint density at radius 2 is 2.16 bits per heavy atom. The van der Waals surface area contributed by atoms with Gasteiger partial charge in [-0.2, -0.15) is 0 Å². The number of rotatable bonds is 5. The van der Waals surface area contributed by atoms with E-state index in [4.69, 9.17) is 0 Å². The molecule has 4 heteroatoms. The predicted molar refractivity (Wildman–Crippen MR) is 83.3 cm³/mol. The van der Waals surface area contributed by atoms with E-state index in [1.165, 1.54) is 16.5 Å². The summed E-state index contributed by atoms with van der Waals surface area (Å²) < 4.78 is 14.2. The van der Waals surface area contributed by atoms with Gasteiger partial charge >= 0.3 is 0 Å². The quantitative estimate of drug-likeness (QED) is 0.819. The van der Waals surface area contributed by atoms with Crippen LogP contribution in [0.15, 0.2) is 34.1 Å². The van der Waals surface area contributed by atoms with Crippen molar-refractivity contribution in [2.75, 3.05) is 6.54 Å². The van der Waals surface area contributed by atoms with Crippen LogP contribution in [0.1, 0.15) is 29.0 Å². The minimum Gasteiger partial charge on any atom is -0.309 e. The van der Waals surface area contributed by atoms with E-state index in [1.807, 2.05) is 6.07 Å². The average molecular weight is 342 g/mol. The number of halogens is 2. The standard InChI is InChI=1S/C15H17BrFNS/c1-3-18-14(15-10(2)4-5-19-15)8-11-6-12(16)9-13(17)7-11/h4-7,9,14,18H,3,8H2,1-2H3. The Morgan fingerprint density at radius 1 is 1.37 bits per heavy atom. The second-order valence-electron chi connectivity index (χ2n) is 4.56. The fourth-order valence-electron chi connectivity index (χ4n) is 2.21. The second kappa shape index (κ2) is 6.64. The lowest BCUT2D eigenvalue weighted by atomic mass is 10.0. The minimum absolute atomic E-state index is 0.192. The van der Waals surface area contributed by atoms with E-state index in [2.05, 4.69) is 46.5 Å². The second-order valence-corrected chi connectivity index (χ2v) is 6.42. The monoisotopic (exact) mass is 341 g/mol. The summed E-state index contributed by atoms with van der Waals surface area (Å²) in [6.07, 6.45) is 0.797. The molecule has 1 aromatic carbocycles. The van der Waals surface area contributed by atoms with E-state index >= 15 is 0 Å². The third kappa shape index (κ3) is 3.88. The molecule has 0 saturated carbocycles. The number of aryl methyl sites for hydroxylation is 1. The highest BCUT2D eigenvalue weighted by atomic mass is 79.9. The molecule has 2 aromatic rings. The maximum Gasteiger partial charge on any atom is 0.124 e. The molecule has 0 saturated heterocycles. The molecule has 1 atom stereocenters. The van der Waals surface area contributed by atoms with Gasteiger partial charge in [0.05, 0.1) is 0 Å². The number of likely N-dealkylation sites (N-methyl/N-ethyl adjacent to an activating group) is 1. The predicted octanol–water partition coefficient (Wildman–Crippen LogP) is 4.85. The van der Waals surface area contributed by atoms with Crippen molar-refractivity contribution in [2.24, 2.45) is 0 Å². The SMILES string of the molecule is CCNC(Cc1cc(F)cc(Br)c1)c1sccc1C. The fraction of sp³-hybridized carbons (Fsp3) is 0.333. The Bertz CT molecular complexity index is 533. The van der Waals surface area contributed by atoms with Crippen molar-refractivity contribution in [2.45, 2.75) is 26.3 Å². The molecule has 0 aliphatic carbocycles. The van der Waals surface area contributed by atoms with Gasteiger partial charge < -0.3 is 5.32 Å². The summed E-state index contributed by atoms with van der Waals surface area (Å²) in [5.41, 5.74) is 2.30. The lowest BCUT2D eigenvalue weighted by molar-refractivity contribution is 0.552. The highest BCUT2D eigenvalue weighted by molar-refractivity contribution is 9.10. The molecule has 0 fully saturated rings. The van der Waals surface area contributed by atoms with Crippen LogP contribution in [0, 0.1) is 12.7 Å². The Hall–Kier alpha value is -0.710. The Kier molecular flexibility index (Phi) is 5.13. The first-order chi connectivity index (χ1) is 9.10. The molecule has 19 heavy (non-hydrogen) atoms. The van der Waals surface area contributed by atoms with Crippen LogP contribution < -0.4 is 5.32 Å². The highest BCUT2D eigenvalue weighted by Crippen LogP contribution is 2.28. The van der Waals surface area contributed by atoms with Crippen molar-refractivity contribution in [1.82, 2.24) is 5.32 Å². The molecule has 0 aliphatic rings. The van der Waals surface area contributed by atoms with E-state index in [9.17, 15) is 4.39 Å². The summed E-state index contributed by atoms with van der Waals surface area (Å²) in [5.74, 6) is -0.192. The molecular formula is C15H17BrFNS. The highest BCUT2D eigenvalue weighted by Gasteiger charge is 2.15. The molecule has 0 radical (unpaired) electrons. The summed E-state index contributed by atoms with van der Waals surface area (Å²) in [5, 5.41) is 5.59. The zero-order valence-electron chi connectivity index (χ0n) is 11.0. The van der Waals surface area contributed by atoms with Crippen molar-refractivity contribution in [1.29, 1.82) is 0 Å². The molecule has 0 bridgehead atoms. The van der Waals surface area contributed by atoms with Crippen LogP contribution in [-0.2, 0) is 6.42 Å². The Balaban J connectivity index is 2.23. The Labute approximate surface area is 126 Å². The molecule has 2 rings (SSSR count).